The summed E-state index contributed by atoms with van der Waals surface area (Å²) in [4.78, 5) is 2.38. The van der Waals surface area contributed by atoms with Gasteiger partial charge in [-0.25, -0.2) is 0 Å². The van der Waals surface area contributed by atoms with Crippen LogP contribution in [0, 0.1) is 6.92 Å². The highest BCUT2D eigenvalue weighted by Crippen LogP contribution is 2.21. The second-order valence-electron chi connectivity index (χ2n) is 5.37. The zero-order chi connectivity index (χ0) is 14.3. The molecule has 0 bridgehead atoms. The zero-order valence-electron chi connectivity index (χ0n) is 12.7. The molecule has 19 heavy (non-hydrogen) atoms. The topological polar surface area (TPSA) is 35.5 Å². The maximum atomic E-state index is 9.55. The molecule has 0 aromatic heterocycles. The van der Waals surface area contributed by atoms with Crippen molar-refractivity contribution in [3.8, 4) is 0 Å². The van der Waals surface area contributed by atoms with Crippen molar-refractivity contribution >= 4 is 5.69 Å². The van der Waals surface area contributed by atoms with Gasteiger partial charge in [0, 0.05) is 24.3 Å². The van der Waals surface area contributed by atoms with Crippen LogP contribution < -0.4 is 10.2 Å². The quantitative estimate of drug-likeness (QED) is 0.757. The summed E-state index contributed by atoms with van der Waals surface area (Å²) in [6.45, 7) is 11.5. The SMILES string of the molecule is CCNC(C)(CO)CCN(CC)c1ccccc1C. The molecular weight excluding hydrogens is 236 g/mol. The standard InChI is InChI=1S/C16H28N2O/c1-5-17-16(4,13-19)11-12-18(6-2)15-10-8-7-9-14(15)3/h7-10,17,19H,5-6,11-13H2,1-4H3. The fourth-order valence-corrected chi connectivity index (χ4v) is 2.40. The number of hydrogen-bond donors (Lipinski definition) is 2. The summed E-state index contributed by atoms with van der Waals surface area (Å²) >= 11 is 0. The maximum Gasteiger partial charge on any atom is 0.0611 e. The average Bonchev–Trinajstić information content (AvgIpc) is 2.41. The van der Waals surface area contributed by atoms with E-state index in [2.05, 4.69) is 62.2 Å². The smallest absolute Gasteiger partial charge is 0.0611 e. The maximum absolute atomic E-state index is 9.55. The molecule has 1 atom stereocenters. The zero-order valence-corrected chi connectivity index (χ0v) is 12.7. The van der Waals surface area contributed by atoms with Crippen molar-refractivity contribution in [2.75, 3.05) is 31.1 Å². The van der Waals surface area contributed by atoms with Crippen LogP contribution in [0.1, 0.15) is 32.8 Å². The van der Waals surface area contributed by atoms with Gasteiger partial charge in [-0.1, -0.05) is 25.1 Å². The number of rotatable bonds is 8. The van der Waals surface area contributed by atoms with E-state index in [-0.39, 0.29) is 12.1 Å². The number of nitrogens with one attached hydrogen (secondary N) is 1. The summed E-state index contributed by atoms with van der Waals surface area (Å²) in [7, 11) is 0. The monoisotopic (exact) mass is 264 g/mol. The van der Waals surface area contributed by atoms with Crippen LogP contribution in [-0.2, 0) is 0 Å². The van der Waals surface area contributed by atoms with Gasteiger partial charge in [0.1, 0.15) is 0 Å². The molecule has 1 aromatic carbocycles. The van der Waals surface area contributed by atoms with Crippen LogP contribution in [0.5, 0.6) is 0 Å². The third-order valence-corrected chi connectivity index (χ3v) is 3.72. The van der Waals surface area contributed by atoms with Crippen molar-refractivity contribution in [2.24, 2.45) is 0 Å². The van der Waals surface area contributed by atoms with Crippen LogP contribution in [0.2, 0.25) is 0 Å². The highest BCUT2D eigenvalue weighted by Gasteiger charge is 2.22. The Morgan fingerprint density at radius 1 is 1.26 bits per heavy atom. The highest BCUT2D eigenvalue weighted by atomic mass is 16.3. The van der Waals surface area contributed by atoms with Gasteiger partial charge in [-0.3, -0.25) is 0 Å². The molecule has 0 heterocycles. The van der Waals surface area contributed by atoms with Gasteiger partial charge in [-0.15, -0.1) is 0 Å². The Morgan fingerprint density at radius 3 is 2.47 bits per heavy atom. The number of aryl methyl sites for hydroxylation is 1. The fraction of sp³-hybridized carbons (Fsp3) is 0.625. The predicted molar refractivity (Wildman–Crippen MR) is 82.9 cm³/mol. The summed E-state index contributed by atoms with van der Waals surface area (Å²) in [5, 5.41) is 12.9. The third-order valence-electron chi connectivity index (χ3n) is 3.72. The lowest BCUT2D eigenvalue weighted by atomic mass is 9.98. The number of anilines is 1. The first-order chi connectivity index (χ1) is 9.06. The molecule has 1 aromatic rings. The van der Waals surface area contributed by atoms with E-state index in [1.807, 2.05) is 0 Å². The Morgan fingerprint density at radius 2 is 1.95 bits per heavy atom. The number of hydrogen-bond acceptors (Lipinski definition) is 3. The average molecular weight is 264 g/mol. The molecule has 0 saturated carbocycles. The fourth-order valence-electron chi connectivity index (χ4n) is 2.40. The van der Waals surface area contributed by atoms with Crippen LogP contribution >= 0.6 is 0 Å². The number of para-hydroxylation sites is 1. The summed E-state index contributed by atoms with van der Waals surface area (Å²) < 4.78 is 0. The summed E-state index contributed by atoms with van der Waals surface area (Å²) in [5.41, 5.74) is 2.41. The first-order valence-electron chi connectivity index (χ1n) is 7.22. The van der Waals surface area contributed by atoms with Gasteiger partial charge in [-0.2, -0.15) is 0 Å². The van der Waals surface area contributed by atoms with Gasteiger partial charge < -0.3 is 15.3 Å². The van der Waals surface area contributed by atoms with Gasteiger partial charge in [-0.05, 0) is 45.4 Å². The molecule has 2 N–H and O–H groups in total. The molecule has 0 amide bonds. The molecule has 0 fully saturated rings. The largest absolute Gasteiger partial charge is 0.394 e. The molecule has 0 aliphatic rings. The minimum atomic E-state index is -0.190. The summed E-state index contributed by atoms with van der Waals surface area (Å²) in [6.07, 6.45) is 0.930. The number of nitrogens with zero attached hydrogens (tertiary/aromatic N) is 1. The minimum Gasteiger partial charge on any atom is -0.394 e. The minimum absolute atomic E-state index is 0.173. The lowest BCUT2D eigenvalue weighted by Gasteiger charge is -2.33. The Hall–Kier alpha value is -1.06. The van der Waals surface area contributed by atoms with Crippen molar-refractivity contribution in [3.63, 3.8) is 0 Å². The number of benzene rings is 1. The highest BCUT2D eigenvalue weighted by molar-refractivity contribution is 5.52. The first-order valence-corrected chi connectivity index (χ1v) is 7.22. The van der Waals surface area contributed by atoms with Crippen molar-refractivity contribution < 1.29 is 5.11 Å². The van der Waals surface area contributed by atoms with E-state index in [0.29, 0.717) is 0 Å². The molecule has 0 aliphatic heterocycles. The van der Waals surface area contributed by atoms with Gasteiger partial charge >= 0.3 is 0 Å². The van der Waals surface area contributed by atoms with Gasteiger partial charge in [0.2, 0.25) is 0 Å². The molecular formula is C16H28N2O. The first kappa shape index (κ1) is 16.0. The summed E-state index contributed by atoms with van der Waals surface area (Å²) in [5.74, 6) is 0. The van der Waals surface area contributed by atoms with Crippen molar-refractivity contribution in [1.82, 2.24) is 5.32 Å². The molecule has 108 valence electrons. The van der Waals surface area contributed by atoms with Crippen LogP contribution in [0.15, 0.2) is 24.3 Å². The van der Waals surface area contributed by atoms with E-state index < -0.39 is 0 Å². The van der Waals surface area contributed by atoms with Crippen LogP contribution in [0.3, 0.4) is 0 Å². The second-order valence-corrected chi connectivity index (χ2v) is 5.37. The van der Waals surface area contributed by atoms with Gasteiger partial charge in [0.05, 0.1) is 6.61 Å². The van der Waals surface area contributed by atoms with Gasteiger partial charge in [0.15, 0.2) is 0 Å². The Balaban J connectivity index is 2.70. The summed E-state index contributed by atoms with van der Waals surface area (Å²) in [6, 6.07) is 8.47. The van der Waals surface area contributed by atoms with Crippen molar-refractivity contribution in [2.45, 2.75) is 39.7 Å². The number of aliphatic hydroxyl groups is 1. The lowest BCUT2D eigenvalue weighted by molar-refractivity contribution is 0.169. The third kappa shape index (κ3) is 4.51. The van der Waals surface area contributed by atoms with Crippen molar-refractivity contribution in [1.29, 1.82) is 0 Å². The molecule has 0 aliphatic carbocycles. The Bertz CT molecular complexity index is 381. The van der Waals surface area contributed by atoms with Crippen LogP contribution in [-0.4, -0.2) is 36.9 Å². The number of likely N-dealkylation sites (N-methyl/N-ethyl adjacent to an activating group) is 1. The van der Waals surface area contributed by atoms with Crippen molar-refractivity contribution in [3.05, 3.63) is 29.8 Å². The Labute approximate surface area is 117 Å². The van der Waals surface area contributed by atoms with Crippen LogP contribution in [0.25, 0.3) is 0 Å². The van der Waals surface area contributed by atoms with E-state index in [0.717, 1.165) is 26.1 Å². The molecule has 3 nitrogen and oxygen atoms in total. The Kier molecular flexibility index (Phi) is 6.32. The molecule has 1 rings (SSSR count). The normalized spacial score (nSPS) is 14.2. The molecule has 0 radical (unpaired) electrons. The van der Waals surface area contributed by atoms with E-state index in [4.69, 9.17) is 0 Å². The second kappa shape index (κ2) is 7.51. The molecule has 1 unspecified atom stereocenters. The van der Waals surface area contributed by atoms with Crippen LogP contribution in [0.4, 0.5) is 5.69 Å². The van der Waals surface area contributed by atoms with E-state index in [9.17, 15) is 5.11 Å². The molecule has 0 spiro atoms. The lowest BCUT2D eigenvalue weighted by Crippen LogP contribution is -2.48. The number of aliphatic hydroxyl groups excluding tert-OH is 1. The van der Waals surface area contributed by atoms with E-state index in [1.165, 1.54) is 11.3 Å². The van der Waals surface area contributed by atoms with E-state index in [1.54, 1.807) is 0 Å². The molecule has 0 saturated heterocycles. The predicted octanol–water partition coefficient (Wildman–Crippen LogP) is 2.57. The van der Waals surface area contributed by atoms with E-state index >= 15 is 0 Å². The van der Waals surface area contributed by atoms with Gasteiger partial charge in [0.25, 0.3) is 0 Å². The molecule has 3 heteroatoms.